The fourth-order valence-corrected chi connectivity index (χ4v) is 3.22. The largest absolute Gasteiger partial charge is 0.275 e. The van der Waals surface area contributed by atoms with Gasteiger partial charge >= 0.3 is 0 Å². The number of rotatable bonds is 4. The van der Waals surface area contributed by atoms with Crippen LogP contribution in [0.2, 0.25) is 0 Å². The average Bonchev–Trinajstić information content (AvgIpc) is 3.29. The molecule has 0 aliphatic carbocycles. The SMILES string of the molecule is Cc1ccccc1-c1nnn(Cc2csc(-c3cnn(C)c3)n2)n1. The van der Waals surface area contributed by atoms with Gasteiger partial charge in [-0.2, -0.15) is 9.90 Å². The first-order chi connectivity index (χ1) is 11.7. The first-order valence-electron chi connectivity index (χ1n) is 7.46. The smallest absolute Gasteiger partial charge is 0.205 e. The van der Waals surface area contributed by atoms with Gasteiger partial charge in [-0.3, -0.25) is 4.68 Å². The van der Waals surface area contributed by atoms with Gasteiger partial charge in [0.1, 0.15) is 11.6 Å². The van der Waals surface area contributed by atoms with E-state index in [9.17, 15) is 0 Å². The molecule has 3 aromatic heterocycles. The van der Waals surface area contributed by atoms with E-state index in [1.807, 2.05) is 56.0 Å². The molecule has 1 aromatic carbocycles. The molecule has 0 saturated carbocycles. The summed E-state index contributed by atoms with van der Waals surface area (Å²) >= 11 is 1.59. The number of tetrazole rings is 1. The second-order valence-corrected chi connectivity index (χ2v) is 6.36. The lowest BCUT2D eigenvalue weighted by Crippen LogP contribution is -2.04. The van der Waals surface area contributed by atoms with Gasteiger partial charge in [-0.25, -0.2) is 4.98 Å². The van der Waals surface area contributed by atoms with Crippen molar-refractivity contribution in [2.75, 3.05) is 0 Å². The molecule has 0 aliphatic heterocycles. The van der Waals surface area contributed by atoms with Crippen molar-refractivity contribution in [3.05, 3.63) is 53.3 Å². The van der Waals surface area contributed by atoms with E-state index >= 15 is 0 Å². The van der Waals surface area contributed by atoms with Crippen molar-refractivity contribution < 1.29 is 0 Å². The highest BCUT2D eigenvalue weighted by Crippen LogP contribution is 2.23. The van der Waals surface area contributed by atoms with Crippen LogP contribution in [0.3, 0.4) is 0 Å². The van der Waals surface area contributed by atoms with Crippen molar-refractivity contribution in [2.45, 2.75) is 13.5 Å². The quantitative estimate of drug-likeness (QED) is 0.572. The van der Waals surface area contributed by atoms with Crippen LogP contribution in [0, 0.1) is 6.92 Å². The molecule has 3 heterocycles. The average molecular weight is 337 g/mol. The Balaban J connectivity index is 1.55. The lowest BCUT2D eigenvalue weighted by Gasteiger charge is -1.98. The van der Waals surface area contributed by atoms with E-state index in [0.717, 1.165) is 27.4 Å². The van der Waals surface area contributed by atoms with Crippen LogP contribution in [0.4, 0.5) is 0 Å². The van der Waals surface area contributed by atoms with Crippen molar-refractivity contribution in [1.29, 1.82) is 0 Å². The predicted molar refractivity (Wildman–Crippen MR) is 91.4 cm³/mol. The van der Waals surface area contributed by atoms with E-state index in [1.165, 1.54) is 0 Å². The standard InChI is InChI=1S/C16H15N7S/c1-11-5-3-4-6-14(11)15-19-21-23(20-15)9-13-10-24-16(18-13)12-7-17-22(2)8-12/h3-8,10H,9H2,1-2H3. The minimum atomic E-state index is 0.496. The molecule has 4 aromatic rings. The number of aryl methyl sites for hydroxylation is 2. The Morgan fingerprint density at radius 1 is 1.21 bits per heavy atom. The Bertz CT molecular complexity index is 982. The minimum absolute atomic E-state index is 0.496. The molecule has 0 bridgehead atoms. The van der Waals surface area contributed by atoms with Crippen LogP contribution in [-0.4, -0.2) is 35.0 Å². The second-order valence-electron chi connectivity index (χ2n) is 5.51. The summed E-state index contributed by atoms with van der Waals surface area (Å²) in [5, 5.41) is 19.9. The zero-order valence-corrected chi connectivity index (χ0v) is 14.1. The number of hydrogen-bond donors (Lipinski definition) is 0. The van der Waals surface area contributed by atoms with Gasteiger partial charge in [0, 0.05) is 29.8 Å². The Kier molecular flexibility index (Phi) is 3.66. The molecule has 0 saturated heterocycles. The van der Waals surface area contributed by atoms with Crippen molar-refractivity contribution in [3.8, 4) is 22.0 Å². The molecule has 0 amide bonds. The van der Waals surface area contributed by atoms with Crippen molar-refractivity contribution in [1.82, 2.24) is 35.0 Å². The van der Waals surface area contributed by atoms with Crippen LogP contribution in [0.1, 0.15) is 11.3 Å². The topological polar surface area (TPSA) is 74.3 Å². The summed E-state index contributed by atoms with van der Waals surface area (Å²) in [6.07, 6.45) is 3.76. The lowest BCUT2D eigenvalue weighted by molar-refractivity contribution is 0.566. The van der Waals surface area contributed by atoms with Gasteiger partial charge < -0.3 is 0 Å². The molecule has 7 nitrogen and oxygen atoms in total. The van der Waals surface area contributed by atoms with E-state index < -0.39 is 0 Å². The highest BCUT2D eigenvalue weighted by molar-refractivity contribution is 7.13. The highest BCUT2D eigenvalue weighted by Gasteiger charge is 2.11. The van der Waals surface area contributed by atoms with Gasteiger partial charge in [0.25, 0.3) is 0 Å². The molecule has 24 heavy (non-hydrogen) atoms. The first kappa shape index (κ1) is 14.7. The van der Waals surface area contributed by atoms with E-state index in [0.29, 0.717) is 12.4 Å². The fourth-order valence-electron chi connectivity index (χ4n) is 2.43. The normalized spacial score (nSPS) is 11.1. The van der Waals surface area contributed by atoms with Crippen LogP contribution in [0.5, 0.6) is 0 Å². The Morgan fingerprint density at radius 3 is 2.88 bits per heavy atom. The summed E-state index contributed by atoms with van der Waals surface area (Å²) in [5.41, 5.74) is 4.05. The minimum Gasteiger partial charge on any atom is -0.275 e. The first-order valence-corrected chi connectivity index (χ1v) is 8.34. The van der Waals surface area contributed by atoms with Crippen molar-refractivity contribution in [3.63, 3.8) is 0 Å². The van der Waals surface area contributed by atoms with Gasteiger partial charge in [-0.05, 0) is 17.7 Å². The van der Waals surface area contributed by atoms with Crippen LogP contribution < -0.4 is 0 Å². The van der Waals surface area contributed by atoms with Gasteiger partial charge in [-0.1, -0.05) is 24.3 Å². The zero-order chi connectivity index (χ0) is 16.5. The maximum absolute atomic E-state index is 4.63. The van der Waals surface area contributed by atoms with Crippen LogP contribution in [0.15, 0.2) is 42.0 Å². The molecule has 0 radical (unpaired) electrons. The molecule has 0 aliphatic rings. The molecule has 4 rings (SSSR count). The Hall–Kier alpha value is -2.87. The van der Waals surface area contributed by atoms with Gasteiger partial charge in [0.2, 0.25) is 5.82 Å². The third-order valence-electron chi connectivity index (χ3n) is 3.65. The van der Waals surface area contributed by atoms with Crippen LogP contribution in [-0.2, 0) is 13.6 Å². The van der Waals surface area contributed by atoms with Crippen LogP contribution >= 0.6 is 11.3 Å². The number of aromatic nitrogens is 7. The summed E-state index contributed by atoms with van der Waals surface area (Å²) in [4.78, 5) is 6.20. The monoisotopic (exact) mass is 337 g/mol. The summed E-state index contributed by atoms with van der Waals surface area (Å²) < 4.78 is 1.77. The molecule has 0 fully saturated rings. The van der Waals surface area contributed by atoms with E-state index in [2.05, 4.69) is 25.5 Å². The molecule has 0 spiro atoms. The molecule has 120 valence electrons. The lowest BCUT2D eigenvalue weighted by atomic mass is 10.1. The Morgan fingerprint density at radius 2 is 2.08 bits per heavy atom. The number of thiazole rings is 1. The Labute approximate surface area is 142 Å². The van der Waals surface area contributed by atoms with Crippen LogP contribution in [0.25, 0.3) is 22.0 Å². The van der Waals surface area contributed by atoms with Gasteiger partial charge in [-0.15, -0.1) is 21.5 Å². The van der Waals surface area contributed by atoms with Crippen molar-refractivity contribution >= 4 is 11.3 Å². The zero-order valence-electron chi connectivity index (χ0n) is 13.3. The molecule has 0 atom stereocenters. The third-order valence-corrected chi connectivity index (χ3v) is 4.59. The molecule has 0 unspecified atom stereocenters. The summed E-state index contributed by atoms with van der Waals surface area (Å²) in [6, 6.07) is 8.01. The summed E-state index contributed by atoms with van der Waals surface area (Å²) in [7, 11) is 1.89. The number of benzene rings is 1. The van der Waals surface area contributed by atoms with Gasteiger partial charge in [0.15, 0.2) is 0 Å². The second kappa shape index (κ2) is 5.97. The highest BCUT2D eigenvalue weighted by atomic mass is 32.1. The number of nitrogens with zero attached hydrogens (tertiary/aromatic N) is 7. The molecule has 0 N–H and O–H groups in total. The molecular weight excluding hydrogens is 322 g/mol. The summed E-state index contributed by atoms with van der Waals surface area (Å²) in [5.74, 6) is 0.635. The maximum Gasteiger partial charge on any atom is 0.205 e. The van der Waals surface area contributed by atoms with Gasteiger partial charge in [0.05, 0.1) is 11.9 Å². The van der Waals surface area contributed by atoms with E-state index in [-0.39, 0.29) is 0 Å². The fraction of sp³-hybridized carbons (Fsp3) is 0.188. The molecule has 8 heteroatoms. The van der Waals surface area contributed by atoms with E-state index in [4.69, 9.17) is 0 Å². The third kappa shape index (κ3) is 2.83. The summed E-state index contributed by atoms with van der Waals surface area (Å²) in [6.45, 7) is 2.53. The van der Waals surface area contributed by atoms with E-state index in [1.54, 1.807) is 20.8 Å². The van der Waals surface area contributed by atoms with Crippen molar-refractivity contribution in [2.24, 2.45) is 7.05 Å². The number of hydrogen-bond acceptors (Lipinski definition) is 6. The molecular formula is C16H15N7S. The predicted octanol–water partition coefficient (Wildman–Crippen LogP) is 2.55. The maximum atomic E-state index is 4.63.